The molecule has 0 aromatic heterocycles. The standard InChI is InChI=1S/C20H22FNO2/c1-11(18(23)24-2)15-14-16(20-8-7-19(15,20)10-20)17(14)22-9-12-3-5-13(21)6-4-12/h3-6,14-17,22H,1,7-10H2,2H3. The maximum atomic E-state index is 13.0. The molecule has 0 saturated heterocycles. The number of ether oxygens (including phenoxy) is 1. The minimum atomic E-state index is -0.244. The van der Waals surface area contributed by atoms with Gasteiger partial charge < -0.3 is 10.1 Å². The van der Waals surface area contributed by atoms with Crippen LogP contribution in [-0.2, 0) is 16.1 Å². The van der Waals surface area contributed by atoms with Gasteiger partial charge in [-0.3, -0.25) is 0 Å². The van der Waals surface area contributed by atoms with Crippen molar-refractivity contribution in [1.29, 1.82) is 0 Å². The molecule has 5 rings (SSSR count). The van der Waals surface area contributed by atoms with Gasteiger partial charge in [-0.25, -0.2) is 9.18 Å². The maximum Gasteiger partial charge on any atom is 0.333 e. The molecule has 1 aromatic carbocycles. The van der Waals surface area contributed by atoms with Gasteiger partial charge in [0.25, 0.3) is 0 Å². The number of benzene rings is 1. The van der Waals surface area contributed by atoms with E-state index in [1.54, 1.807) is 0 Å². The molecule has 0 spiro atoms. The van der Waals surface area contributed by atoms with Crippen molar-refractivity contribution >= 4 is 5.97 Å². The summed E-state index contributed by atoms with van der Waals surface area (Å²) in [6.45, 7) is 4.84. The zero-order chi connectivity index (χ0) is 16.7. The summed E-state index contributed by atoms with van der Waals surface area (Å²) in [5, 5.41) is 3.65. The fraction of sp³-hybridized carbons (Fsp3) is 0.550. The Hall–Kier alpha value is -1.68. The van der Waals surface area contributed by atoms with Crippen LogP contribution in [0.1, 0.15) is 24.8 Å². The summed E-state index contributed by atoms with van der Waals surface area (Å²) in [6, 6.07) is 7.12. The number of halogens is 1. The molecule has 3 nitrogen and oxygen atoms in total. The largest absolute Gasteiger partial charge is 0.466 e. The molecule has 24 heavy (non-hydrogen) atoms. The lowest BCUT2D eigenvalue weighted by atomic mass is 9.67. The zero-order valence-electron chi connectivity index (χ0n) is 13.8. The Labute approximate surface area is 141 Å². The molecular formula is C20H22FNO2. The maximum absolute atomic E-state index is 13.0. The van der Waals surface area contributed by atoms with Gasteiger partial charge in [-0.2, -0.15) is 0 Å². The van der Waals surface area contributed by atoms with Crippen LogP contribution in [0.5, 0.6) is 0 Å². The van der Waals surface area contributed by atoms with Gasteiger partial charge in [0.15, 0.2) is 0 Å². The molecule has 0 heterocycles. The van der Waals surface area contributed by atoms with Crippen molar-refractivity contribution in [3.05, 3.63) is 47.8 Å². The molecule has 0 aliphatic heterocycles. The number of methoxy groups -OCH3 is 1. The van der Waals surface area contributed by atoms with Gasteiger partial charge in [0.1, 0.15) is 5.82 Å². The van der Waals surface area contributed by atoms with Gasteiger partial charge in [0, 0.05) is 24.1 Å². The number of esters is 1. The highest BCUT2D eigenvalue weighted by atomic mass is 19.1. The summed E-state index contributed by atoms with van der Waals surface area (Å²) in [7, 11) is 1.44. The molecule has 0 radical (unpaired) electrons. The Bertz CT molecular complexity index is 745. The van der Waals surface area contributed by atoms with E-state index in [0.717, 1.165) is 12.1 Å². The highest BCUT2D eigenvalue weighted by Gasteiger charge is 2.92. The molecule has 4 aliphatic carbocycles. The first kappa shape index (κ1) is 14.6. The van der Waals surface area contributed by atoms with Crippen LogP contribution in [0.2, 0.25) is 0 Å². The highest BCUT2D eigenvalue weighted by Crippen LogP contribution is 2.95. The van der Waals surface area contributed by atoms with Crippen LogP contribution in [0.4, 0.5) is 4.39 Å². The van der Waals surface area contributed by atoms with E-state index in [4.69, 9.17) is 4.74 Å². The Morgan fingerprint density at radius 1 is 1.33 bits per heavy atom. The summed E-state index contributed by atoms with van der Waals surface area (Å²) in [5.41, 5.74) is 2.61. The van der Waals surface area contributed by atoms with E-state index >= 15 is 0 Å². The Kier molecular flexibility index (Phi) is 2.73. The monoisotopic (exact) mass is 327 g/mol. The van der Waals surface area contributed by atoms with E-state index in [1.807, 2.05) is 12.1 Å². The fourth-order valence-electron chi connectivity index (χ4n) is 6.41. The third-order valence-corrected chi connectivity index (χ3v) is 7.49. The third-order valence-electron chi connectivity index (χ3n) is 7.49. The van der Waals surface area contributed by atoms with E-state index in [1.165, 1.54) is 38.5 Å². The molecule has 4 heteroatoms. The summed E-state index contributed by atoms with van der Waals surface area (Å²) < 4.78 is 18.0. The number of carbonyl (C=O) groups excluding carboxylic acids is 1. The Morgan fingerprint density at radius 3 is 2.67 bits per heavy atom. The van der Waals surface area contributed by atoms with Crippen LogP contribution in [0, 0.1) is 34.4 Å². The lowest BCUT2D eigenvalue weighted by Gasteiger charge is -2.38. The normalized spacial score (nSPS) is 43.1. The first-order valence-corrected chi connectivity index (χ1v) is 8.79. The van der Waals surface area contributed by atoms with E-state index < -0.39 is 0 Å². The fourth-order valence-corrected chi connectivity index (χ4v) is 6.41. The van der Waals surface area contributed by atoms with Crippen molar-refractivity contribution < 1.29 is 13.9 Å². The second kappa shape index (κ2) is 4.48. The number of nitrogens with one attached hydrogen (secondary N) is 1. The number of carbonyl (C=O) groups is 1. The molecular weight excluding hydrogens is 305 g/mol. The molecule has 4 fully saturated rings. The summed E-state index contributed by atoms with van der Waals surface area (Å²) in [6.07, 6.45) is 3.80. The first-order chi connectivity index (χ1) is 11.5. The topological polar surface area (TPSA) is 38.3 Å². The molecule has 0 bridgehead atoms. The van der Waals surface area contributed by atoms with E-state index in [9.17, 15) is 9.18 Å². The molecule has 6 unspecified atom stereocenters. The zero-order valence-corrected chi connectivity index (χ0v) is 13.8. The summed E-state index contributed by atoms with van der Waals surface area (Å²) in [4.78, 5) is 12.0. The summed E-state index contributed by atoms with van der Waals surface area (Å²) in [5.74, 6) is 1.04. The van der Waals surface area contributed by atoms with Gasteiger partial charge in [0.2, 0.25) is 0 Å². The minimum Gasteiger partial charge on any atom is -0.466 e. The SMILES string of the molecule is C=C(C(=O)OC)C1C2C(NCc3ccc(F)cc3)C2C23CCC12C3. The van der Waals surface area contributed by atoms with Gasteiger partial charge in [-0.05, 0) is 59.6 Å². The van der Waals surface area contributed by atoms with Crippen molar-refractivity contribution in [1.82, 2.24) is 5.32 Å². The number of fused-ring (bicyclic) bond motifs is 1. The molecule has 4 saturated carbocycles. The average Bonchev–Trinajstić information content (AvgIpc) is 3.41. The number of hydrogen-bond donors (Lipinski definition) is 1. The molecule has 6 atom stereocenters. The van der Waals surface area contributed by atoms with Crippen molar-refractivity contribution in [2.24, 2.45) is 28.6 Å². The molecule has 126 valence electrons. The second-order valence-electron chi connectivity index (χ2n) is 8.12. The van der Waals surface area contributed by atoms with Crippen LogP contribution >= 0.6 is 0 Å². The smallest absolute Gasteiger partial charge is 0.333 e. The van der Waals surface area contributed by atoms with E-state index in [0.29, 0.717) is 34.3 Å². The van der Waals surface area contributed by atoms with Gasteiger partial charge in [-0.15, -0.1) is 0 Å². The molecule has 1 N–H and O–H groups in total. The predicted molar refractivity (Wildman–Crippen MR) is 87.4 cm³/mol. The van der Waals surface area contributed by atoms with Crippen LogP contribution < -0.4 is 5.32 Å². The lowest BCUT2D eigenvalue weighted by Crippen LogP contribution is -2.37. The molecule has 4 aliphatic rings. The van der Waals surface area contributed by atoms with Crippen LogP contribution in [-0.4, -0.2) is 19.1 Å². The van der Waals surface area contributed by atoms with E-state index in [2.05, 4.69) is 11.9 Å². The van der Waals surface area contributed by atoms with Crippen molar-refractivity contribution in [2.75, 3.05) is 7.11 Å². The summed E-state index contributed by atoms with van der Waals surface area (Å²) >= 11 is 0. The average molecular weight is 327 g/mol. The van der Waals surface area contributed by atoms with Gasteiger partial charge in [-0.1, -0.05) is 18.7 Å². The number of rotatable bonds is 5. The van der Waals surface area contributed by atoms with E-state index in [-0.39, 0.29) is 17.7 Å². The van der Waals surface area contributed by atoms with Crippen molar-refractivity contribution in [3.63, 3.8) is 0 Å². The Balaban J connectivity index is 1.32. The number of hydrogen-bond acceptors (Lipinski definition) is 3. The quantitative estimate of drug-likeness (QED) is 0.667. The molecule has 0 amide bonds. The lowest BCUT2D eigenvalue weighted by molar-refractivity contribution is -0.137. The predicted octanol–water partition coefficient (Wildman–Crippen LogP) is 3.06. The van der Waals surface area contributed by atoms with Crippen molar-refractivity contribution in [3.8, 4) is 0 Å². The van der Waals surface area contributed by atoms with Crippen LogP contribution in [0.3, 0.4) is 0 Å². The van der Waals surface area contributed by atoms with Crippen LogP contribution in [0.15, 0.2) is 36.4 Å². The van der Waals surface area contributed by atoms with Crippen LogP contribution in [0.25, 0.3) is 0 Å². The second-order valence-corrected chi connectivity index (χ2v) is 8.12. The Morgan fingerprint density at radius 2 is 2.04 bits per heavy atom. The van der Waals surface area contributed by atoms with Crippen molar-refractivity contribution in [2.45, 2.75) is 31.8 Å². The van der Waals surface area contributed by atoms with Gasteiger partial charge >= 0.3 is 5.97 Å². The first-order valence-electron chi connectivity index (χ1n) is 8.79. The molecule has 1 aromatic rings. The third kappa shape index (κ3) is 1.58. The van der Waals surface area contributed by atoms with Gasteiger partial charge in [0.05, 0.1) is 7.11 Å². The highest BCUT2D eigenvalue weighted by molar-refractivity contribution is 5.89. The minimum absolute atomic E-state index is 0.201.